The minimum atomic E-state index is 0.101. The third-order valence-corrected chi connectivity index (χ3v) is 13.0. The highest BCUT2D eigenvalue weighted by molar-refractivity contribution is 6.11. The smallest absolute Gasteiger partial charge is 0.0547 e. The van der Waals surface area contributed by atoms with Gasteiger partial charge >= 0.3 is 0 Å². The van der Waals surface area contributed by atoms with E-state index in [2.05, 4.69) is 219 Å². The molecule has 2 heterocycles. The van der Waals surface area contributed by atoms with E-state index in [1.807, 2.05) is 0 Å². The maximum atomic E-state index is 2.50. The van der Waals surface area contributed by atoms with Crippen LogP contribution in [0.5, 0.6) is 0 Å². The summed E-state index contributed by atoms with van der Waals surface area (Å²) < 4.78 is 4.90. The molecule has 0 saturated heterocycles. The normalized spacial score (nSPS) is 15.5. The molecule has 2 atom stereocenters. The average molecular weight is 747 g/mol. The Labute approximate surface area is 340 Å². The molecule has 2 unspecified atom stereocenters. The van der Waals surface area contributed by atoms with Gasteiger partial charge in [0.1, 0.15) is 0 Å². The van der Waals surface area contributed by atoms with Crippen molar-refractivity contribution in [1.29, 1.82) is 0 Å². The monoisotopic (exact) mass is 746 g/mol. The maximum Gasteiger partial charge on any atom is 0.0547 e. The van der Waals surface area contributed by atoms with Crippen molar-refractivity contribution in [2.75, 3.05) is 0 Å². The van der Waals surface area contributed by atoms with Gasteiger partial charge in [-0.1, -0.05) is 161 Å². The summed E-state index contributed by atoms with van der Waals surface area (Å²) >= 11 is 0. The van der Waals surface area contributed by atoms with E-state index in [0.29, 0.717) is 5.92 Å². The van der Waals surface area contributed by atoms with Gasteiger partial charge in [0.05, 0.1) is 22.1 Å². The summed E-state index contributed by atoms with van der Waals surface area (Å²) in [4.78, 5) is 0. The number of hydrogen-bond donors (Lipinski definition) is 0. The van der Waals surface area contributed by atoms with Crippen LogP contribution in [-0.4, -0.2) is 9.13 Å². The van der Waals surface area contributed by atoms with Crippen molar-refractivity contribution >= 4 is 43.6 Å². The average Bonchev–Trinajstić information content (AvgIpc) is 3.73. The van der Waals surface area contributed by atoms with Gasteiger partial charge in [-0.15, -0.1) is 0 Å². The fourth-order valence-corrected chi connectivity index (χ4v) is 9.97. The van der Waals surface area contributed by atoms with Crippen LogP contribution in [0.1, 0.15) is 61.8 Å². The van der Waals surface area contributed by atoms with Gasteiger partial charge in [-0.05, 0) is 117 Å². The Morgan fingerprint density at radius 3 is 1.71 bits per heavy atom. The van der Waals surface area contributed by atoms with Crippen molar-refractivity contribution in [1.82, 2.24) is 9.13 Å². The summed E-state index contributed by atoms with van der Waals surface area (Å²) in [5.41, 5.74) is 18.2. The first kappa shape index (κ1) is 34.6. The van der Waals surface area contributed by atoms with Gasteiger partial charge in [-0.2, -0.15) is 0 Å². The molecule has 2 aromatic heterocycles. The Balaban J connectivity index is 1.06. The number of rotatable bonds is 4. The zero-order valence-corrected chi connectivity index (χ0v) is 33.6. The second kappa shape index (κ2) is 13.2. The first-order valence-electron chi connectivity index (χ1n) is 20.8. The minimum Gasteiger partial charge on any atom is -0.309 e. The van der Waals surface area contributed by atoms with Crippen molar-refractivity contribution in [2.24, 2.45) is 0 Å². The molecule has 2 nitrogen and oxygen atoms in total. The Morgan fingerprint density at radius 2 is 1.00 bits per heavy atom. The number of para-hydroxylation sites is 3. The molecule has 2 heteroatoms. The quantitative estimate of drug-likeness (QED) is 0.170. The van der Waals surface area contributed by atoms with Crippen LogP contribution in [0.25, 0.3) is 77.2 Å². The molecule has 10 aromatic rings. The molecule has 0 spiro atoms. The van der Waals surface area contributed by atoms with E-state index >= 15 is 0 Å². The van der Waals surface area contributed by atoms with Crippen LogP contribution in [0.2, 0.25) is 0 Å². The second-order valence-electron chi connectivity index (χ2n) is 17.4. The van der Waals surface area contributed by atoms with Crippen LogP contribution in [0.15, 0.2) is 182 Å². The van der Waals surface area contributed by atoms with Gasteiger partial charge in [-0.3, -0.25) is 0 Å². The number of fused-ring (bicyclic) bond motifs is 9. The Kier molecular flexibility index (Phi) is 7.88. The van der Waals surface area contributed by atoms with Crippen molar-refractivity contribution in [3.05, 3.63) is 204 Å². The lowest BCUT2D eigenvalue weighted by Gasteiger charge is -2.25. The molecule has 0 aliphatic heterocycles. The fraction of sp³-hybridized carbons (Fsp3) is 0.143. The van der Waals surface area contributed by atoms with Crippen LogP contribution >= 0.6 is 0 Å². The van der Waals surface area contributed by atoms with Crippen molar-refractivity contribution in [2.45, 2.75) is 51.4 Å². The molecule has 1 aliphatic rings. The Morgan fingerprint density at radius 1 is 0.448 bits per heavy atom. The van der Waals surface area contributed by atoms with E-state index in [9.17, 15) is 0 Å². The van der Waals surface area contributed by atoms with E-state index in [0.717, 1.165) is 6.42 Å². The van der Waals surface area contributed by atoms with Crippen LogP contribution in [0.4, 0.5) is 0 Å². The van der Waals surface area contributed by atoms with Crippen molar-refractivity contribution in [3.63, 3.8) is 0 Å². The Bertz CT molecular complexity index is 3190. The fourth-order valence-electron chi connectivity index (χ4n) is 9.97. The zero-order valence-electron chi connectivity index (χ0n) is 33.6. The molecular weight excluding hydrogens is 701 g/mol. The minimum absolute atomic E-state index is 0.101. The number of hydrogen-bond acceptors (Lipinski definition) is 0. The lowest BCUT2D eigenvalue weighted by molar-refractivity contribution is 0.580. The molecule has 280 valence electrons. The van der Waals surface area contributed by atoms with E-state index in [1.54, 1.807) is 0 Å². The molecule has 1 aliphatic carbocycles. The summed E-state index contributed by atoms with van der Waals surface area (Å²) in [6.45, 7) is 9.29. The second-order valence-corrected chi connectivity index (χ2v) is 17.4. The van der Waals surface area contributed by atoms with Gasteiger partial charge in [0.2, 0.25) is 0 Å². The molecular formula is C56H46N2. The topological polar surface area (TPSA) is 9.86 Å². The van der Waals surface area contributed by atoms with Crippen LogP contribution in [0, 0.1) is 0 Å². The van der Waals surface area contributed by atoms with Gasteiger partial charge in [0.25, 0.3) is 0 Å². The summed E-state index contributed by atoms with van der Waals surface area (Å²) in [5.74, 6) is 0.580. The molecule has 11 rings (SSSR count). The summed E-state index contributed by atoms with van der Waals surface area (Å²) in [5, 5.41) is 5.15. The lowest BCUT2D eigenvalue weighted by Crippen LogP contribution is -2.10. The molecule has 8 aromatic carbocycles. The van der Waals surface area contributed by atoms with Crippen LogP contribution in [0.3, 0.4) is 0 Å². The van der Waals surface area contributed by atoms with E-state index in [4.69, 9.17) is 0 Å². The Hall–Kier alpha value is -6.64. The molecule has 0 fully saturated rings. The number of aromatic nitrogens is 2. The number of benzene rings is 8. The van der Waals surface area contributed by atoms with Gasteiger partial charge in [0, 0.05) is 32.9 Å². The first-order chi connectivity index (χ1) is 28.3. The van der Waals surface area contributed by atoms with Gasteiger partial charge in [-0.25, -0.2) is 0 Å². The molecule has 0 saturated carbocycles. The SMILES string of the molecule is CC1c2cc(-c3ccc4c5ccccc5n(-c5ccc(C(C)(C)C)cc5)c4c3)ccc2-c2ccccc2CC1c1ccc2c3ccccc3n(-c3ccccc3)c2c1. The standard InChI is InChI=1S/C56H46N2/c1-36-50(40-24-31-49-47-19-10-12-20-52(47)57(55(49)35-40)42-15-6-5-7-16-42)33-39-14-8-9-17-44(39)45-29-22-37(32-51(36)45)38-23-30-48-46-18-11-13-21-53(46)58(54(48)34-38)43-27-25-41(26-28-43)56(2,3)4/h5-32,34-36,50H,33H2,1-4H3. The summed E-state index contributed by atoms with van der Waals surface area (Å²) in [6, 6.07) is 68.3. The highest BCUT2D eigenvalue weighted by Crippen LogP contribution is 2.47. The third-order valence-electron chi connectivity index (χ3n) is 13.0. The molecule has 0 amide bonds. The van der Waals surface area contributed by atoms with Crippen LogP contribution in [-0.2, 0) is 11.8 Å². The molecule has 0 radical (unpaired) electrons. The molecule has 0 N–H and O–H groups in total. The summed E-state index contributed by atoms with van der Waals surface area (Å²) in [7, 11) is 0. The molecule has 58 heavy (non-hydrogen) atoms. The van der Waals surface area contributed by atoms with Gasteiger partial charge < -0.3 is 9.13 Å². The highest BCUT2D eigenvalue weighted by Gasteiger charge is 2.30. The first-order valence-corrected chi connectivity index (χ1v) is 20.8. The van der Waals surface area contributed by atoms with Crippen LogP contribution < -0.4 is 0 Å². The lowest BCUT2D eigenvalue weighted by atomic mass is 9.79. The predicted molar refractivity (Wildman–Crippen MR) is 246 cm³/mol. The molecule has 0 bridgehead atoms. The van der Waals surface area contributed by atoms with Crippen molar-refractivity contribution in [3.8, 4) is 33.6 Å². The predicted octanol–water partition coefficient (Wildman–Crippen LogP) is 15.0. The zero-order chi connectivity index (χ0) is 39.1. The van der Waals surface area contributed by atoms with E-state index in [1.165, 1.54) is 99.5 Å². The number of nitrogens with zero attached hydrogens (tertiary/aromatic N) is 2. The van der Waals surface area contributed by atoms with Crippen molar-refractivity contribution < 1.29 is 0 Å². The van der Waals surface area contributed by atoms with E-state index < -0.39 is 0 Å². The highest BCUT2D eigenvalue weighted by atomic mass is 15.0. The van der Waals surface area contributed by atoms with E-state index in [-0.39, 0.29) is 11.3 Å². The largest absolute Gasteiger partial charge is 0.309 e. The third kappa shape index (κ3) is 5.46. The maximum absolute atomic E-state index is 2.50. The van der Waals surface area contributed by atoms with Gasteiger partial charge in [0.15, 0.2) is 0 Å². The summed E-state index contributed by atoms with van der Waals surface area (Å²) in [6.07, 6.45) is 0.985.